The van der Waals surface area contributed by atoms with E-state index in [2.05, 4.69) is 0 Å². The number of ether oxygens (including phenoxy) is 1. The molecule has 1 N–H and O–H groups in total. The third kappa shape index (κ3) is 1.97. The van der Waals surface area contributed by atoms with Crippen LogP contribution in [-0.4, -0.2) is 23.3 Å². The first-order chi connectivity index (χ1) is 7.74. The molecular formula is C13H20O3. The van der Waals surface area contributed by atoms with Gasteiger partial charge in [-0.3, -0.25) is 4.79 Å². The standard InChI is InChI=1S/C13H20O3/c14-12(15)4-2-1-3-8-5-9-7-11-13(16-11)10(9)6-8/h8-11,13H,1-7H2,(H,14,15). The normalized spacial score (nSPS) is 44.1. The number of unbranched alkanes of at least 4 members (excludes halogenated alkanes) is 1. The van der Waals surface area contributed by atoms with E-state index in [0.717, 1.165) is 30.6 Å². The van der Waals surface area contributed by atoms with Crippen molar-refractivity contribution in [2.75, 3.05) is 0 Å². The van der Waals surface area contributed by atoms with Crippen molar-refractivity contribution in [3.8, 4) is 0 Å². The van der Waals surface area contributed by atoms with Gasteiger partial charge in [0, 0.05) is 6.42 Å². The van der Waals surface area contributed by atoms with E-state index in [1.54, 1.807) is 0 Å². The molecule has 1 heterocycles. The quantitative estimate of drug-likeness (QED) is 0.576. The molecule has 3 fully saturated rings. The smallest absolute Gasteiger partial charge is 0.303 e. The van der Waals surface area contributed by atoms with Crippen molar-refractivity contribution in [3.63, 3.8) is 0 Å². The second-order valence-corrected chi connectivity index (χ2v) is 5.78. The van der Waals surface area contributed by atoms with E-state index in [-0.39, 0.29) is 0 Å². The number of rotatable bonds is 5. The molecule has 0 radical (unpaired) electrons. The van der Waals surface area contributed by atoms with Crippen LogP contribution >= 0.6 is 0 Å². The molecule has 0 amide bonds. The average molecular weight is 224 g/mol. The van der Waals surface area contributed by atoms with Gasteiger partial charge < -0.3 is 9.84 Å². The van der Waals surface area contributed by atoms with Crippen LogP contribution in [0.4, 0.5) is 0 Å². The lowest BCUT2D eigenvalue weighted by Gasteiger charge is -2.09. The first kappa shape index (κ1) is 10.6. The summed E-state index contributed by atoms with van der Waals surface area (Å²) in [5.74, 6) is 1.99. The zero-order valence-electron chi connectivity index (χ0n) is 9.60. The fourth-order valence-corrected chi connectivity index (χ4v) is 3.92. The van der Waals surface area contributed by atoms with Gasteiger partial charge in [-0.1, -0.05) is 12.8 Å². The predicted molar refractivity (Wildman–Crippen MR) is 59.1 cm³/mol. The molecule has 0 spiro atoms. The van der Waals surface area contributed by atoms with Crippen LogP contribution in [0.15, 0.2) is 0 Å². The number of hydrogen-bond donors (Lipinski definition) is 1. The van der Waals surface area contributed by atoms with Crippen molar-refractivity contribution < 1.29 is 14.6 Å². The Morgan fingerprint density at radius 2 is 2.12 bits per heavy atom. The number of hydrogen-bond acceptors (Lipinski definition) is 2. The van der Waals surface area contributed by atoms with E-state index >= 15 is 0 Å². The van der Waals surface area contributed by atoms with Gasteiger partial charge >= 0.3 is 5.97 Å². The minimum atomic E-state index is -0.655. The van der Waals surface area contributed by atoms with Gasteiger partial charge in [0.1, 0.15) is 0 Å². The molecular weight excluding hydrogens is 204 g/mol. The Morgan fingerprint density at radius 3 is 2.88 bits per heavy atom. The summed E-state index contributed by atoms with van der Waals surface area (Å²) in [6, 6.07) is 0. The van der Waals surface area contributed by atoms with E-state index < -0.39 is 5.97 Å². The summed E-state index contributed by atoms with van der Waals surface area (Å²) in [6.07, 6.45) is 8.80. The average Bonchev–Trinajstić information content (AvgIpc) is 2.74. The van der Waals surface area contributed by atoms with Crippen LogP contribution in [-0.2, 0) is 9.53 Å². The molecule has 0 aromatic carbocycles. The molecule has 90 valence electrons. The lowest BCUT2D eigenvalue weighted by atomic mass is 9.97. The largest absolute Gasteiger partial charge is 0.481 e. The molecule has 16 heavy (non-hydrogen) atoms. The van der Waals surface area contributed by atoms with Gasteiger partial charge in [0.2, 0.25) is 0 Å². The van der Waals surface area contributed by atoms with Gasteiger partial charge in [-0.15, -0.1) is 0 Å². The summed E-state index contributed by atoms with van der Waals surface area (Å²) in [5, 5.41) is 8.56. The summed E-state index contributed by atoms with van der Waals surface area (Å²) in [7, 11) is 0. The van der Waals surface area contributed by atoms with Gasteiger partial charge in [0.25, 0.3) is 0 Å². The van der Waals surface area contributed by atoms with Crippen molar-refractivity contribution in [1.29, 1.82) is 0 Å². The maximum atomic E-state index is 10.4. The number of epoxide rings is 1. The lowest BCUT2D eigenvalue weighted by Crippen LogP contribution is -2.06. The molecule has 5 unspecified atom stereocenters. The molecule has 1 aliphatic heterocycles. The summed E-state index contributed by atoms with van der Waals surface area (Å²) < 4.78 is 5.59. The number of carboxylic acid groups (broad SMARTS) is 1. The molecule has 3 heteroatoms. The predicted octanol–water partition coefficient (Wildman–Crippen LogP) is 2.44. The van der Waals surface area contributed by atoms with Crippen molar-refractivity contribution in [2.24, 2.45) is 17.8 Å². The fourth-order valence-electron chi connectivity index (χ4n) is 3.92. The van der Waals surface area contributed by atoms with Crippen LogP contribution in [0.25, 0.3) is 0 Å². The van der Waals surface area contributed by atoms with Crippen LogP contribution < -0.4 is 0 Å². The highest BCUT2D eigenvalue weighted by Crippen LogP contribution is 2.56. The Kier molecular flexibility index (Phi) is 2.66. The van der Waals surface area contributed by atoms with Crippen LogP contribution in [0.3, 0.4) is 0 Å². The van der Waals surface area contributed by atoms with Gasteiger partial charge in [0.15, 0.2) is 0 Å². The van der Waals surface area contributed by atoms with Gasteiger partial charge in [-0.25, -0.2) is 0 Å². The van der Waals surface area contributed by atoms with E-state index in [1.165, 1.54) is 25.7 Å². The molecule has 3 aliphatic rings. The molecule has 3 rings (SSSR count). The minimum Gasteiger partial charge on any atom is -0.481 e. The Labute approximate surface area is 96.2 Å². The summed E-state index contributed by atoms with van der Waals surface area (Å²) in [4.78, 5) is 10.4. The molecule has 0 bridgehead atoms. The first-order valence-electron chi connectivity index (χ1n) is 6.61. The molecule has 2 saturated carbocycles. The maximum absolute atomic E-state index is 10.4. The molecule has 0 aromatic heterocycles. The zero-order valence-corrected chi connectivity index (χ0v) is 9.60. The molecule has 5 atom stereocenters. The van der Waals surface area contributed by atoms with E-state index in [1.807, 2.05) is 0 Å². The van der Waals surface area contributed by atoms with Crippen LogP contribution in [0.1, 0.15) is 44.9 Å². The molecule has 3 nitrogen and oxygen atoms in total. The highest BCUT2D eigenvalue weighted by Gasteiger charge is 2.57. The van der Waals surface area contributed by atoms with Crippen LogP contribution in [0.5, 0.6) is 0 Å². The van der Waals surface area contributed by atoms with Gasteiger partial charge in [-0.05, 0) is 43.4 Å². The number of aliphatic carboxylic acids is 1. The SMILES string of the molecule is O=C(O)CCCCC1CC2CC3OC3C2C1. The monoisotopic (exact) mass is 224 g/mol. The second-order valence-electron chi connectivity index (χ2n) is 5.78. The molecule has 0 aromatic rings. The minimum absolute atomic E-state index is 0.341. The van der Waals surface area contributed by atoms with E-state index in [4.69, 9.17) is 9.84 Å². The number of carbonyl (C=O) groups is 1. The number of fused-ring (bicyclic) bond motifs is 3. The van der Waals surface area contributed by atoms with E-state index in [0.29, 0.717) is 18.6 Å². The number of carboxylic acids is 1. The summed E-state index contributed by atoms with van der Waals surface area (Å²) in [5.41, 5.74) is 0. The highest BCUT2D eigenvalue weighted by molar-refractivity contribution is 5.66. The van der Waals surface area contributed by atoms with Crippen LogP contribution in [0.2, 0.25) is 0 Å². The Bertz CT molecular complexity index is 289. The highest BCUT2D eigenvalue weighted by atomic mass is 16.6. The summed E-state index contributed by atoms with van der Waals surface area (Å²) >= 11 is 0. The van der Waals surface area contributed by atoms with Crippen molar-refractivity contribution in [3.05, 3.63) is 0 Å². The topological polar surface area (TPSA) is 49.8 Å². The van der Waals surface area contributed by atoms with Gasteiger partial charge in [0.05, 0.1) is 12.2 Å². The van der Waals surface area contributed by atoms with Crippen LogP contribution in [0, 0.1) is 17.8 Å². The van der Waals surface area contributed by atoms with Crippen molar-refractivity contribution in [1.82, 2.24) is 0 Å². The zero-order chi connectivity index (χ0) is 11.1. The summed E-state index contributed by atoms with van der Waals surface area (Å²) in [6.45, 7) is 0. The van der Waals surface area contributed by atoms with Gasteiger partial charge in [-0.2, -0.15) is 0 Å². The third-order valence-corrected chi connectivity index (χ3v) is 4.68. The first-order valence-corrected chi connectivity index (χ1v) is 6.61. The van der Waals surface area contributed by atoms with E-state index in [9.17, 15) is 4.79 Å². The lowest BCUT2D eigenvalue weighted by molar-refractivity contribution is -0.137. The van der Waals surface area contributed by atoms with Crippen molar-refractivity contribution >= 4 is 5.97 Å². The maximum Gasteiger partial charge on any atom is 0.303 e. The van der Waals surface area contributed by atoms with Crippen molar-refractivity contribution in [2.45, 2.75) is 57.2 Å². The third-order valence-electron chi connectivity index (χ3n) is 4.68. The Hall–Kier alpha value is -0.570. The molecule has 2 aliphatic carbocycles. The Balaban J connectivity index is 1.37. The second kappa shape index (κ2) is 4.02. The Morgan fingerprint density at radius 1 is 1.25 bits per heavy atom. The fraction of sp³-hybridized carbons (Fsp3) is 0.923. The molecule has 1 saturated heterocycles.